The third-order valence-corrected chi connectivity index (χ3v) is 8.44. The summed E-state index contributed by atoms with van der Waals surface area (Å²) in [6.45, 7) is 0.173. The van der Waals surface area contributed by atoms with Crippen molar-refractivity contribution in [3.8, 4) is 0 Å². The third-order valence-electron chi connectivity index (χ3n) is 8.44. The van der Waals surface area contributed by atoms with E-state index in [0.717, 1.165) is 0 Å². The molecule has 0 saturated carbocycles. The smallest absolute Gasteiger partial charge is 0.219 e. The van der Waals surface area contributed by atoms with Gasteiger partial charge in [-0.1, -0.05) is 0 Å². The van der Waals surface area contributed by atoms with E-state index in [9.17, 15) is 50.4 Å². The first kappa shape index (κ1) is 39.0. The fourth-order valence-corrected chi connectivity index (χ4v) is 5.58. The number of Topliss-reactive ketones (excluding diaryl/α,β-unsaturated/α-hetero) is 1. The minimum absolute atomic E-state index is 0.0489. The predicted octanol–water partition coefficient (Wildman–Crippen LogP) is -3.45. The van der Waals surface area contributed by atoms with E-state index >= 15 is 0 Å². The van der Waals surface area contributed by atoms with Gasteiger partial charge in [-0.15, -0.1) is 0 Å². The van der Waals surface area contributed by atoms with Crippen molar-refractivity contribution >= 4 is 11.7 Å². The molecule has 3 aliphatic heterocycles. The number of aliphatic hydroxyl groups is 8. The van der Waals surface area contributed by atoms with Crippen molar-refractivity contribution in [2.45, 2.75) is 144 Å². The Morgan fingerprint density at radius 2 is 1.33 bits per heavy atom. The lowest BCUT2D eigenvalue weighted by molar-refractivity contribution is -0.382. The van der Waals surface area contributed by atoms with Gasteiger partial charge in [0.2, 0.25) is 5.91 Å². The van der Waals surface area contributed by atoms with E-state index in [-0.39, 0.29) is 24.7 Å². The van der Waals surface area contributed by atoms with Gasteiger partial charge in [-0.2, -0.15) is 0 Å². The van der Waals surface area contributed by atoms with Gasteiger partial charge in [-0.3, -0.25) is 9.59 Å². The molecular formula is C29H51NO16. The Morgan fingerprint density at radius 1 is 0.717 bits per heavy atom. The van der Waals surface area contributed by atoms with Gasteiger partial charge in [0, 0.05) is 39.3 Å². The summed E-state index contributed by atoms with van der Waals surface area (Å²) in [6, 6.07) is 0. The molecular weight excluding hydrogens is 618 g/mol. The van der Waals surface area contributed by atoms with E-state index < -0.39 is 99.2 Å². The van der Waals surface area contributed by atoms with Crippen LogP contribution in [0.5, 0.6) is 0 Å². The van der Waals surface area contributed by atoms with Crippen LogP contribution >= 0.6 is 0 Å². The fourth-order valence-electron chi connectivity index (χ4n) is 5.58. The molecule has 0 aliphatic carbocycles. The number of ether oxygens (including phenoxy) is 6. The highest BCUT2D eigenvalue weighted by Gasteiger charge is 2.53. The van der Waals surface area contributed by atoms with E-state index in [0.29, 0.717) is 44.9 Å². The molecule has 3 aliphatic rings. The van der Waals surface area contributed by atoms with Crippen LogP contribution in [0.15, 0.2) is 0 Å². The molecule has 0 radical (unpaired) electrons. The summed E-state index contributed by atoms with van der Waals surface area (Å²) in [5.74, 6) is -0.0280. The van der Waals surface area contributed by atoms with Gasteiger partial charge in [0.15, 0.2) is 18.9 Å². The molecule has 17 heteroatoms. The zero-order chi connectivity index (χ0) is 34.0. The van der Waals surface area contributed by atoms with Crippen LogP contribution < -0.4 is 5.32 Å². The molecule has 0 aromatic heterocycles. The maximum atomic E-state index is 12.2. The second kappa shape index (κ2) is 18.9. The van der Waals surface area contributed by atoms with Gasteiger partial charge in [-0.05, 0) is 32.6 Å². The van der Waals surface area contributed by atoms with Gasteiger partial charge < -0.3 is 74.6 Å². The van der Waals surface area contributed by atoms with Gasteiger partial charge >= 0.3 is 0 Å². The second-order valence-corrected chi connectivity index (χ2v) is 11.9. The predicted molar refractivity (Wildman–Crippen MR) is 154 cm³/mol. The zero-order valence-corrected chi connectivity index (χ0v) is 26.2. The number of carbonyl (C=O) groups is 2. The summed E-state index contributed by atoms with van der Waals surface area (Å²) < 4.78 is 34.8. The molecule has 268 valence electrons. The molecule has 46 heavy (non-hydrogen) atoms. The number of hydrogen-bond donors (Lipinski definition) is 9. The standard InChI is InChI=1S/C29H51NO16/c1-14-21(36)16(34)11-20(42-14)45-27-26(46-28-25(40)24(39)22(37)17(12-31)43-28)23(38)18(13-32)44-29(27)41-10-6-5-8-15(33)7-3-4-9-19(35)30-2/h14,16-18,20-29,31-32,34,36-40H,3-13H2,1-2H3,(H,30,35)/t14?,16-,17?,18?,20+,21-,22+,23+,24+,25?,26+,27?,28-,29-/m1/s1. The van der Waals surface area contributed by atoms with Crippen molar-refractivity contribution in [1.29, 1.82) is 0 Å². The lowest BCUT2D eigenvalue weighted by atomic mass is 9.96. The Labute approximate surface area is 267 Å². The Morgan fingerprint density at radius 3 is 1.96 bits per heavy atom. The largest absolute Gasteiger partial charge is 0.394 e. The van der Waals surface area contributed by atoms with Crippen LogP contribution in [0.1, 0.15) is 58.3 Å². The van der Waals surface area contributed by atoms with Crippen molar-refractivity contribution in [2.24, 2.45) is 0 Å². The number of amides is 1. The average Bonchev–Trinajstić information content (AvgIpc) is 3.03. The van der Waals surface area contributed by atoms with Crippen LogP contribution in [0.3, 0.4) is 0 Å². The van der Waals surface area contributed by atoms with Crippen molar-refractivity contribution in [3.63, 3.8) is 0 Å². The summed E-state index contributed by atoms with van der Waals surface area (Å²) in [4.78, 5) is 23.6. The SMILES string of the molecule is CNC(=O)CCCCC(=O)CCCCO[C@@H]1OC(CO)[C@H](O)[C@H](O[C@H]2OC(CO)[C@H](O)[C@H](O)C2O)C1O[C@H]1C[C@@H](O)[C@H](O)C(C)O1. The maximum Gasteiger partial charge on any atom is 0.219 e. The van der Waals surface area contributed by atoms with Gasteiger partial charge in [0.05, 0.1) is 25.4 Å². The van der Waals surface area contributed by atoms with Crippen LogP contribution in [-0.2, 0) is 38.0 Å². The number of aliphatic hydroxyl groups excluding tert-OH is 8. The Kier molecular flexibility index (Phi) is 16.1. The van der Waals surface area contributed by atoms with Crippen molar-refractivity contribution in [2.75, 3.05) is 26.9 Å². The van der Waals surface area contributed by atoms with Gasteiger partial charge in [0.1, 0.15) is 60.7 Å². The number of rotatable bonds is 17. The average molecular weight is 670 g/mol. The molecule has 0 spiro atoms. The van der Waals surface area contributed by atoms with Gasteiger partial charge in [-0.25, -0.2) is 0 Å². The molecule has 3 heterocycles. The Hall–Kier alpha value is -1.42. The summed E-state index contributed by atoms with van der Waals surface area (Å²) in [5, 5.41) is 84.6. The normalized spacial score (nSPS) is 40.0. The lowest BCUT2D eigenvalue weighted by Gasteiger charge is -2.48. The molecule has 0 bridgehead atoms. The third kappa shape index (κ3) is 10.5. The van der Waals surface area contributed by atoms with E-state index in [1.807, 2.05) is 0 Å². The van der Waals surface area contributed by atoms with E-state index in [2.05, 4.69) is 5.32 Å². The lowest BCUT2D eigenvalue weighted by Crippen LogP contribution is -2.66. The molecule has 9 N–H and O–H groups in total. The summed E-state index contributed by atoms with van der Waals surface area (Å²) in [5.41, 5.74) is 0. The molecule has 3 saturated heterocycles. The van der Waals surface area contributed by atoms with Crippen LogP contribution in [0.2, 0.25) is 0 Å². The van der Waals surface area contributed by atoms with Crippen LogP contribution in [0, 0.1) is 0 Å². The minimum atomic E-state index is -1.82. The fraction of sp³-hybridized carbons (Fsp3) is 0.931. The summed E-state index contributed by atoms with van der Waals surface area (Å²) >= 11 is 0. The highest BCUT2D eigenvalue weighted by molar-refractivity contribution is 5.78. The molecule has 14 atom stereocenters. The quantitative estimate of drug-likeness (QED) is 0.0682. The highest BCUT2D eigenvalue weighted by Crippen LogP contribution is 2.33. The molecule has 3 fully saturated rings. The number of unbranched alkanes of at least 4 members (excludes halogenated alkanes) is 2. The van der Waals surface area contributed by atoms with Crippen molar-refractivity contribution in [1.82, 2.24) is 5.32 Å². The highest BCUT2D eigenvalue weighted by atomic mass is 16.8. The van der Waals surface area contributed by atoms with Crippen molar-refractivity contribution in [3.05, 3.63) is 0 Å². The zero-order valence-electron chi connectivity index (χ0n) is 26.2. The topological polar surface area (TPSA) is 263 Å². The first-order chi connectivity index (χ1) is 21.9. The summed E-state index contributed by atoms with van der Waals surface area (Å²) in [7, 11) is 1.56. The molecule has 17 nitrogen and oxygen atoms in total. The van der Waals surface area contributed by atoms with E-state index in [1.165, 1.54) is 6.92 Å². The van der Waals surface area contributed by atoms with E-state index in [1.54, 1.807) is 7.05 Å². The molecule has 1 amide bonds. The molecule has 5 unspecified atom stereocenters. The Bertz CT molecular complexity index is 916. The van der Waals surface area contributed by atoms with E-state index in [4.69, 9.17) is 28.4 Å². The van der Waals surface area contributed by atoms with Crippen LogP contribution in [-0.4, -0.2) is 165 Å². The maximum absolute atomic E-state index is 12.2. The molecule has 3 rings (SSSR count). The van der Waals surface area contributed by atoms with Crippen LogP contribution in [0.25, 0.3) is 0 Å². The number of carbonyl (C=O) groups excluding carboxylic acids is 2. The molecule has 0 aromatic carbocycles. The van der Waals surface area contributed by atoms with Gasteiger partial charge in [0.25, 0.3) is 0 Å². The Balaban J connectivity index is 1.68. The first-order valence-electron chi connectivity index (χ1n) is 15.8. The van der Waals surface area contributed by atoms with Crippen molar-refractivity contribution < 1.29 is 78.9 Å². The number of ketones is 1. The summed E-state index contributed by atoms with van der Waals surface area (Å²) in [6.07, 6.45) is -16.7. The number of hydrogen-bond acceptors (Lipinski definition) is 16. The minimum Gasteiger partial charge on any atom is -0.394 e. The first-order valence-corrected chi connectivity index (χ1v) is 15.8. The monoisotopic (exact) mass is 669 g/mol. The second-order valence-electron chi connectivity index (χ2n) is 11.9. The van der Waals surface area contributed by atoms with Crippen LogP contribution in [0.4, 0.5) is 0 Å². The molecule has 0 aromatic rings. The number of nitrogens with one attached hydrogen (secondary N) is 1.